The largest absolute Gasteiger partial charge is 0.472 e. The Morgan fingerprint density at radius 3 is 0.745 bits per heavy atom. The van der Waals surface area contributed by atoms with Crippen LogP contribution in [-0.4, -0.2) is 96.7 Å². The van der Waals surface area contributed by atoms with Crippen molar-refractivity contribution in [2.45, 2.75) is 452 Å². The van der Waals surface area contributed by atoms with Crippen LogP contribution in [0.1, 0.15) is 434 Å². The number of hydrogen-bond donors (Lipinski definition) is 3. The summed E-state index contributed by atoms with van der Waals surface area (Å²) in [4.78, 5) is 73.1. The molecule has 0 spiro atoms. The van der Waals surface area contributed by atoms with Gasteiger partial charge in [0.1, 0.15) is 19.3 Å². The van der Waals surface area contributed by atoms with Gasteiger partial charge < -0.3 is 33.8 Å². The molecule has 0 radical (unpaired) electrons. The van der Waals surface area contributed by atoms with Gasteiger partial charge in [0.15, 0.2) is 12.2 Å². The zero-order valence-electron chi connectivity index (χ0n) is 67.1. The van der Waals surface area contributed by atoms with E-state index in [2.05, 4.69) is 48.5 Å². The van der Waals surface area contributed by atoms with Crippen LogP contribution in [0, 0.1) is 17.8 Å². The minimum Gasteiger partial charge on any atom is -0.462 e. The lowest BCUT2D eigenvalue weighted by Crippen LogP contribution is -2.30. The maximum absolute atomic E-state index is 13.1. The van der Waals surface area contributed by atoms with Crippen LogP contribution < -0.4 is 0 Å². The number of aliphatic hydroxyl groups excluding tert-OH is 1. The molecule has 6 atom stereocenters. The first-order chi connectivity index (χ1) is 49.3. The van der Waals surface area contributed by atoms with Crippen LogP contribution in [0.3, 0.4) is 0 Å². The fourth-order valence-electron chi connectivity index (χ4n) is 12.8. The van der Waals surface area contributed by atoms with Crippen molar-refractivity contribution in [1.82, 2.24) is 0 Å². The molecule has 0 bridgehead atoms. The lowest BCUT2D eigenvalue weighted by atomic mass is 9.99. The third-order valence-electron chi connectivity index (χ3n) is 19.7. The van der Waals surface area contributed by atoms with Gasteiger partial charge in [-0.15, -0.1) is 0 Å². The van der Waals surface area contributed by atoms with Crippen molar-refractivity contribution >= 4 is 39.5 Å². The van der Waals surface area contributed by atoms with E-state index in [4.69, 9.17) is 37.0 Å². The van der Waals surface area contributed by atoms with E-state index < -0.39 is 97.5 Å². The zero-order chi connectivity index (χ0) is 75.1. The molecule has 3 unspecified atom stereocenters. The summed E-state index contributed by atoms with van der Waals surface area (Å²) in [5.74, 6) is 0.230. The molecule has 0 heterocycles. The van der Waals surface area contributed by atoms with Crippen LogP contribution in [0.2, 0.25) is 0 Å². The first kappa shape index (κ1) is 100. The van der Waals surface area contributed by atoms with Gasteiger partial charge in [0.25, 0.3) is 0 Å². The highest BCUT2D eigenvalue weighted by atomic mass is 31.2. The van der Waals surface area contributed by atoms with Crippen molar-refractivity contribution < 1.29 is 80.2 Å². The average Bonchev–Trinajstić information content (AvgIpc) is 0.935. The van der Waals surface area contributed by atoms with E-state index in [9.17, 15) is 43.2 Å². The molecule has 0 aromatic rings. The second-order valence-electron chi connectivity index (χ2n) is 31.1. The highest BCUT2D eigenvalue weighted by molar-refractivity contribution is 7.47. The van der Waals surface area contributed by atoms with Gasteiger partial charge in [0, 0.05) is 25.7 Å². The number of phosphoric ester groups is 2. The first-order valence-electron chi connectivity index (χ1n) is 42.9. The second kappa shape index (κ2) is 73.2. The van der Waals surface area contributed by atoms with Crippen LogP contribution in [0.5, 0.6) is 0 Å². The summed E-state index contributed by atoms with van der Waals surface area (Å²) in [7, 11) is -9.92. The number of esters is 4. The molecule has 0 saturated heterocycles. The van der Waals surface area contributed by atoms with Crippen LogP contribution in [0.25, 0.3) is 0 Å². The van der Waals surface area contributed by atoms with Crippen molar-refractivity contribution in [2.75, 3.05) is 39.6 Å². The number of carbonyl (C=O) groups is 4. The molecule has 0 aliphatic heterocycles. The average molecular weight is 1490 g/mol. The Hall–Kier alpha value is -1.94. The van der Waals surface area contributed by atoms with E-state index in [1.54, 1.807) is 0 Å². The normalized spacial score (nSPS) is 14.2. The molecule has 0 rings (SSSR count). The molecule has 606 valence electrons. The Labute approximate surface area is 626 Å². The standard InChI is InChI=1S/C83H162O17P2/c1-8-10-11-12-13-14-15-16-17-18-19-23-26-29-35-43-50-57-64-80(85)93-70-78(99-82(87)66-59-52-45-36-30-27-24-21-20-22-25-28-33-40-47-54-61-74(3)4)72-97-101(89,90)95-68-77(84)69-96-102(91,92)98-73-79(71-94-81(86)65-58-51-44-39-38-42-49-56-63-76(7)9-2)100-83(88)67-60-53-46-37-32-31-34-41-48-55-62-75(5)6/h74-79,84H,8-73H2,1-7H3,(H,89,90)(H,91,92)/t76?,77-,78-,79-/m1/s1. The number of carbonyl (C=O) groups excluding carboxylic acids is 4. The Kier molecular flexibility index (Phi) is 71.8. The zero-order valence-corrected chi connectivity index (χ0v) is 68.9. The molecular weight excluding hydrogens is 1330 g/mol. The highest BCUT2D eigenvalue weighted by Gasteiger charge is 2.30. The predicted molar refractivity (Wildman–Crippen MR) is 418 cm³/mol. The first-order valence-corrected chi connectivity index (χ1v) is 45.9. The van der Waals surface area contributed by atoms with E-state index in [0.29, 0.717) is 25.7 Å². The SMILES string of the molecule is CCCCCCCCCCCCCCCCCCCCC(=O)OC[C@H](COP(=O)(O)OC[C@@H](O)COP(=O)(O)OC[C@@H](COC(=O)CCCCCCCCCCC(C)CC)OC(=O)CCCCCCCCCCCCC(C)C)OC(=O)CCCCCCCCCCCCCCCCCCC(C)C. The van der Waals surface area contributed by atoms with Gasteiger partial charge in [0.2, 0.25) is 0 Å². The minimum absolute atomic E-state index is 0.106. The molecule has 102 heavy (non-hydrogen) atoms. The lowest BCUT2D eigenvalue weighted by Gasteiger charge is -2.21. The summed E-state index contributed by atoms with van der Waals surface area (Å²) in [6.07, 6.45) is 62.4. The highest BCUT2D eigenvalue weighted by Crippen LogP contribution is 2.45. The lowest BCUT2D eigenvalue weighted by molar-refractivity contribution is -0.161. The van der Waals surface area contributed by atoms with E-state index >= 15 is 0 Å². The maximum atomic E-state index is 13.1. The summed E-state index contributed by atoms with van der Waals surface area (Å²) in [5, 5.41) is 10.7. The summed E-state index contributed by atoms with van der Waals surface area (Å²) in [6, 6.07) is 0. The van der Waals surface area contributed by atoms with Crippen LogP contribution in [-0.2, 0) is 65.4 Å². The molecule has 3 N–H and O–H groups in total. The number of ether oxygens (including phenoxy) is 4. The smallest absolute Gasteiger partial charge is 0.462 e. The Bertz CT molecular complexity index is 1980. The second-order valence-corrected chi connectivity index (χ2v) is 34.0. The fraction of sp³-hybridized carbons (Fsp3) is 0.952. The Morgan fingerprint density at radius 1 is 0.284 bits per heavy atom. The third-order valence-corrected chi connectivity index (χ3v) is 21.6. The number of phosphoric acid groups is 2. The monoisotopic (exact) mass is 1490 g/mol. The number of aliphatic hydroxyl groups is 1. The molecule has 0 saturated carbocycles. The predicted octanol–water partition coefficient (Wildman–Crippen LogP) is 24.9. The quantitative estimate of drug-likeness (QED) is 0.0222. The van der Waals surface area contributed by atoms with Crippen LogP contribution in [0.4, 0.5) is 0 Å². The number of unbranched alkanes of at least 4 members (excludes halogenated alkanes) is 48. The van der Waals surface area contributed by atoms with Gasteiger partial charge in [-0.05, 0) is 43.4 Å². The topological polar surface area (TPSA) is 237 Å². The number of hydrogen-bond acceptors (Lipinski definition) is 15. The maximum Gasteiger partial charge on any atom is 0.472 e. The van der Waals surface area contributed by atoms with E-state index in [-0.39, 0.29) is 25.7 Å². The van der Waals surface area contributed by atoms with Gasteiger partial charge >= 0.3 is 39.5 Å². The van der Waals surface area contributed by atoms with Gasteiger partial charge in [-0.1, -0.05) is 382 Å². The summed E-state index contributed by atoms with van der Waals surface area (Å²) >= 11 is 0. The summed E-state index contributed by atoms with van der Waals surface area (Å²) in [5.41, 5.74) is 0. The van der Waals surface area contributed by atoms with Crippen molar-refractivity contribution in [3.05, 3.63) is 0 Å². The molecule has 17 nitrogen and oxygen atoms in total. The molecule has 0 aliphatic carbocycles. The van der Waals surface area contributed by atoms with E-state index in [0.717, 1.165) is 108 Å². The Balaban J connectivity index is 5.26. The summed E-state index contributed by atoms with van der Waals surface area (Å²) < 4.78 is 68.8. The van der Waals surface area contributed by atoms with Gasteiger partial charge in [-0.25, -0.2) is 9.13 Å². The molecule has 0 aromatic carbocycles. The van der Waals surface area contributed by atoms with Crippen molar-refractivity contribution in [1.29, 1.82) is 0 Å². The van der Waals surface area contributed by atoms with Crippen LogP contribution >= 0.6 is 15.6 Å². The fourth-order valence-corrected chi connectivity index (χ4v) is 14.4. The summed E-state index contributed by atoms with van der Waals surface area (Å²) in [6.45, 7) is 12.0. The third kappa shape index (κ3) is 74.9. The molecule has 19 heteroatoms. The molecule has 0 amide bonds. The Morgan fingerprint density at radius 2 is 0.500 bits per heavy atom. The van der Waals surface area contributed by atoms with Crippen molar-refractivity contribution in [3.8, 4) is 0 Å². The molecule has 0 aliphatic rings. The number of rotatable bonds is 81. The van der Waals surface area contributed by atoms with Gasteiger partial charge in [-0.2, -0.15) is 0 Å². The molecule has 0 fully saturated rings. The molecule has 0 aromatic heterocycles. The van der Waals surface area contributed by atoms with Gasteiger partial charge in [-0.3, -0.25) is 37.3 Å². The van der Waals surface area contributed by atoms with E-state index in [1.807, 2.05) is 0 Å². The van der Waals surface area contributed by atoms with Crippen molar-refractivity contribution in [2.24, 2.45) is 17.8 Å². The van der Waals surface area contributed by atoms with Gasteiger partial charge in [0.05, 0.1) is 26.4 Å². The van der Waals surface area contributed by atoms with Crippen molar-refractivity contribution in [3.63, 3.8) is 0 Å². The molecular formula is C83H162O17P2. The van der Waals surface area contributed by atoms with E-state index in [1.165, 1.54) is 244 Å². The minimum atomic E-state index is -4.96. The van der Waals surface area contributed by atoms with Crippen LogP contribution in [0.15, 0.2) is 0 Å².